The van der Waals surface area contributed by atoms with Crippen molar-refractivity contribution in [2.45, 2.75) is 58.8 Å². The summed E-state index contributed by atoms with van der Waals surface area (Å²) in [6.07, 6.45) is 8.92. The fraction of sp³-hybridized carbons (Fsp3) is 0.345. The molecule has 0 amide bonds. The van der Waals surface area contributed by atoms with E-state index in [1.807, 2.05) is 11.3 Å². The monoisotopic (exact) mass is 425 g/mol. The molecule has 2 heteroatoms. The van der Waals surface area contributed by atoms with Gasteiger partial charge < -0.3 is 0 Å². The molecule has 158 valence electrons. The molecule has 0 aliphatic heterocycles. The molecule has 1 aliphatic carbocycles. The number of thiophene rings is 1. The molecule has 2 heterocycles. The molecular formula is C29H31NS. The van der Waals surface area contributed by atoms with Crippen molar-refractivity contribution < 1.29 is 0 Å². The van der Waals surface area contributed by atoms with Crippen LogP contribution in [0.1, 0.15) is 60.3 Å². The first-order chi connectivity index (χ1) is 15.1. The third kappa shape index (κ3) is 3.51. The van der Waals surface area contributed by atoms with Crippen molar-refractivity contribution in [2.24, 2.45) is 5.92 Å². The molecule has 2 aromatic carbocycles. The number of pyridine rings is 1. The van der Waals surface area contributed by atoms with Gasteiger partial charge in [0.25, 0.3) is 0 Å². The normalized spacial score (nSPS) is 16.1. The van der Waals surface area contributed by atoms with Crippen LogP contribution in [0.5, 0.6) is 0 Å². The molecule has 0 radical (unpaired) electrons. The summed E-state index contributed by atoms with van der Waals surface area (Å²) in [5.74, 6) is 1.13. The third-order valence-corrected chi connectivity index (χ3v) is 8.53. The Labute approximate surface area is 189 Å². The van der Waals surface area contributed by atoms with Crippen molar-refractivity contribution in [2.75, 3.05) is 0 Å². The molecule has 31 heavy (non-hydrogen) atoms. The lowest BCUT2D eigenvalue weighted by molar-refractivity contribution is 0.333. The quantitative estimate of drug-likeness (QED) is 0.297. The van der Waals surface area contributed by atoms with Crippen LogP contribution in [-0.4, -0.2) is 4.98 Å². The van der Waals surface area contributed by atoms with Gasteiger partial charge in [0.1, 0.15) is 0 Å². The fourth-order valence-corrected chi connectivity index (χ4v) is 6.75. The first-order valence-corrected chi connectivity index (χ1v) is 12.4. The molecule has 1 atom stereocenters. The number of nitrogens with zero attached hydrogens (tertiary/aromatic N) is 1. The van der Waals surface area contributed by atoms with E-state index in [0.29, 0.717) is 11.8 Å². The van der Waals surface area contributed by atoms with Crippen LogP contribution in [0.25, 0.3) is 31.6 Å². The van der Waals surface area contributed by atoms with E-state index in [1.54, 1.807) is 0 Å². The van der Waals surface area contributed by atoms with Crippen molar-refractivity contribution in [1.82, 2.24) is 4.98 Å². The fourth-order valence-electron chi connectivity index (χ4n) is 5.58. The first kappa shape index (κ1) is 20.5. The van der Waals surface area contributed by atoms with E-state index in [9.17, 15) is 0 Å². The first-order valence-electron chi connectivity index (χ1n) is 11.6. The van der Waals surface area contributed by atoms with Gasteiger partial charge in [0.15, 0.2) is 0 Å². The molecule has 0 spiro atoms. The van der Waals surface area contributed by atoms with E-state index in [-0.39, 0.29) is 0 Å². The highest BCUT2D eigenvalue weighted by atomic mass is 32.1. The second kappa shape index (κ2) is 8.24. The largest absolute Gasteiger partial charge is 0.247 e. The number of hydrogen-bond acceptors (Lipinski definition) is 2. The van der Waals surface area contributed by atoms with Gasteiger partial charge in [-0.05, 0) is 79.3 Å². The molecular weight excluding hydrogens is 394 g/mol. The Morgan fingerprint density at radius 1 is 1.00 bits per heavy atom. The molecule has 1 saturated carbocycles. The number of aryl methyl sites for hydroxylation is 3. The van der Waals surface area contributed by atoms with Crippen LogP contribution in [0.4, 0.5) is 0 Å². The van der Waals surface area contributed by atoms with Crippen LogP contribution in [-0.2, 0) is 0 Å². The molecule has 1 fully saturated rings. The Morgan fingerprint density at radius 2 is 1.77 bits per heavy atom. The molecule has 4 aromatic rings. The zero-order valence-corrected chi connectivity index (χ0v) is 19.7. The molecule has 0 bridgehead atoms. The second-order valence-corrected chi connectivity index (χ2v) is 10.3. The maximum Gasteiger partial charge on any atom is 0.0815 e. The number of aromatic nitrogens is 1. The molecule has 1 nitrogen and oxygen atoms in total. The van der Waals surface area contributed by atoms with E-state index in [1.165, 1.54) is 74.7 Å². The standard InChI is InChI=1S/C29H31NS/c1-5-22(21-11-7-6-8-12-21)24-16-15-18(2)28-27(24)19(3)17-25(30-28)29-20(4)23-13-9-10-14-26(23)31-29/h5,9-10,13-17,21-22H,1,6-8,11-12H2,2-4H3. The van der Waals surface area contributed by atoms with Gasteiger partial charge in [0.2, 0.25) is 0 Å². The summed E-state index contributed by atoms with van der Waals surface area (Å²) >= 11 is 1.86. The Morgan fingerprint density at radius 3 is 2.52 bits per heavy atom. The smallest absolute Gasteiger partial charge is 0.0815 e. The van der Waals surface area contributed by atoms with Gasteiger partial charge in [-0.1, -0.05) is 55.7 Å². The van der Waals surface area contributed by atoms with Gasteiger partial charge in [-0.2, -0.15) is 0 Å². The van der Waals surface area contributed by atoms with E-state index < -0.39 is 0 Å². The molecule has 0 N–H and O–H groups in total. The summed E-state index contributed by atoms with van der Waals surface area (Å²) in [6, 6.07) is 15.6. The average Bonchev–Trinajstić information content (AvgIpc) is 3.13. The Kier molecular flexibility index (Phi) is 5.44. The van der Waals surface area contributed by atoms with Gasteiger partial charge in [0, 0.05) is 16.0 Å². The molecule has 1 aliphatic rings. The van der Waals surface area contributed by atoms with Crippen LogP contribution in [0, 0.1) is 26.7 Å². The topological polar surface area (TPSA) is 12.9 Å². The zero-order valence-electron chi connectivity index (χ0n) is 18.9. The molecule has 0 saturated heterocycles. The summed E-state index contributed by atoms with van der Waals surface area (Å²) in [5.41, 5.74) is 7.62. The van der Waals surface area contributed by atoms with Crippen molar-refractivity contribution >= 4 is 32.3 Å². The third-order valence-electron chi connectivity index (χ3n) is 7.24. The zero-order chi connectivity index (χ0) is 21.5. The lowest BCUT2D eigenvalue weighted by Crippen LogP contribution is -2.15. The maximum atomic E-state index is 5.26. The minimum Gasteiger partial charge on any atom is -0.247 e. The van der Waals surface area contributed by atoms with Crippen LogP contribution in [0.3, 0.4) is 0 Å². The van der Waals surface area contributed by atoms with Crippen molar-refractivity contribution in [3.8, 4) is 10.6 Å². The van der Waals surface area contributed by atoms with Crippen LogP contribution >= 0.6 is 11.3 Å². The number of allylic oxidation sites excluding steroid dienone is 1. The van der Waals surface area contributed by atoms with Gasteiger partial charge in [0.05, 0.1) is 16.1 Å². The highest BCUT2D eigenvalue weighted by molar-refractivity contribution is 7.22. The average molecular weight is 426 g/mol. The number of fused-ring (bicyclic) bond motifs is 2. The highest BCUT2D eigenvalue weighted by Crippen LogP contribution is 2.43. The van der Waals surface area contributed by atoms with Gasteiger partial charge >= 0.3 is 0 Å². The predicted molar refractivity (Wildman–Crippen MR) is 136 cm³/mol. The lowest BCUT2D eigenvalue weighted by atomic mass is 9.75. The second-order valence-electron chi connectivity index (χ2n) is 9.23. The van der Waals surface area contributed by atoms with Gasteiger partial charge in [-0.3, -0.25) is 0 Å². The summed E-state index contributed by atoms with van der Waals surface area (Å²) in [5, 5.41) is 2.69. The van der Waals surface area contributed by atoms with Crippen LogP contribution in [0.2, 0.25) is 0 Å². The molecule has 2 aromatic heterocycles. The Bertz CT molecular complexity index is 1270. The van der Waals surface area contributed by atoms with E-state index in [2.05, 4.69) is 75.9 Å². The van der Waals surface area contributed by atoms with E-state index in [0.717, 1.165) is 11.2 Å². The summed E-state index contributed by atoms with van der Waals surface area (Å²) in [6.45, 7) is 10.9. The van der Waals surface area contributed by atoms with Gasteiger partial charge in [-0.15, -0.1) is 17.9 Å². The lowest BCUT2D eigenvalue weighted by Gasteiger charge is -2.30. The summed E-state index contributed by atoms with van der Waals surface area (Å²) < 4.78 is 1.34. The van der Waals surface area contributed by atoms with Crippen molar-refractivity contribution in [3.05, 3.63) is 77.4 Å². The number of rotatable bonds is 4. The van der Waals surface area contributed by atoms with Crippen molar-refractivity contribution in [1.29, 1.82) is 0 Å². The number of benzene rings is 2. The highest BCUT2D eigenvalue weighted by Gasteiger charge is 2.25. The summed E-state index contributed by atoms with van der Waals surface area (Å²) in [7, 11) is 0. The Balaban J connectivity index is 1.69. The molecule has 1 unspecified atom stereocenters. The van der Waals surface area contributed by atoms with E-state index >= 15 is 0 Å². The van der Waals surface area contributed by atoms with Crippen LogP contribution < -0.4 is 0 Å². The SMILES string of the molecule is C=CC(c1ccc(C)c2nc(-c3sc4ccccc4c3C)cc(C)c12)C1CCCCC1. The minimum absolute atomic E-state index is 0.417. The summed E-state index contributed by atoms with van der Waals surface area (Å²) in [4.78, 5) is 6.56. The maximum absolute atomic E-state index is 5.26. The minimum atomic E-state index is 0.417. The van der Waals surface area contributed by atoms with Crippen LogP contribution in [0.15, 0.2) is 55.1 Å². The van der Waals surface area contributed by atoms with Crippen molar-refractivity contribution in [3.63, 3.8) is 0 Å². The predicted octanol–water partition coefficient (Wildman–Crippen LogP) is 8.89. The number of hydrogen-bond donors (Lipinski definition) is 0. The van der Waals surface area contributed by atoms with E-state index in [4.69, 9.17) is 4.98 Å². The molecule has 5 rings (SSSR count). The Hall–Kier alpha value is -2.45. The van der Waals surface area contributed by atoms with Gasteiger partial charge in [-0.25, -0.2) is 4.98 Å².